The second-order valence-corrected chi connectivity index (χ2v) is 5.35. The lowest BCUT2D eigenvalue weighted by molar-refractivity contribution is -0.294. The van der Waals surface area contributed by atoms with Crippen LogP contribution in [0.1, 0.15) is 20.8 Å². The number of carbonyl (C=O) groups is 1. The van der Waals surface area contributed by atoms with Crippen molar-refractivity contribution in [2.75, 3.05) is 6.61 Å². The summed E-state index contributed by atoms with van der Waals surface area (Å²) in [6, 6.07) is 0. The van der Waals surface area contributed by atoms with Crippen LogP contribution >= 0.6 is 0 Å². The second kappa shape index (κ2) is 5.50. The summed E-state index contributed by atoms with van der Waals surface area (Å²) in [7, 11) is 0. The molecule has 0 saturated carbocycles. The third-order valence-electron chi connectivity index (χ3n) is 2.68. The van der Waals surface area contributed by atoms with E-state index < -0.39 is 48.7 Å². The Labute approximate surface area is 105 Å². The molecular formula is C11H20O7. The van der Waals surface area contributed by atoms with Gasteiger partial charge in [-0.15, -0.1) is 0 Å². The summed E-state index contributed by atoms with van der Waals surface area (Å²) in [5.74, 6) is -0.619. The van der Waals surface area contributed by atoms with E-state index in [4.69, 9.17) is 14.6 Å². The first-order valence-corrected chi connectivity index (χ1v) is 5.70. The molecule has 7 nitrogen and oxygen atoms in total. The van der Waals surface area contributed by atoms with Crippen LogP contribution in [-0.2, 0) is 14.3 Å². The van der Waals surface area contributed by atoms with E-state index in [1.54, 1.807) is 20.8 Å². The average molecular weight is 264 g/mol. The maximum Gasteiger partial charge on any atom is 0.313 e. The predicted octanol–water partition coefficient (Wildman–Crippen LogP) is -1.62. The molecule has 0 spiro atoms. The van der Waals surface area contributed by atoms with Gasteiger partial charge < -0.3 is 29.9 Å². The van der Waals surface area contributed by atoms with Gasteiger partial charge >= 0.3 is 5.97 Å². The molecule has 0 radical (unpaired) electrons. The highest BCUT2D eigenvalue weighted by molar-refractivity contribution is 5.75. The first-order valence-electron chi connectivity index (χ1n) is 5.70. The fourth-order valence-electron chi connectivity index (χ4n) is 1.45. The highest BCUT2D eigenvalue weighted by Crippen LogP contribution is 2.24. The standard InChI is InChI=1S/C11H20O7/c1-11(2,3)10(16)18-9-8(15)7(14)6(13)5(4-12)17-9/h5-9,12-15H,4H2,1-3H3/t5-,6-,7+,8+,9-/m1/s1. The zero-order chi connectivity index (χ0) is 14.1. The van der Waals surface area contributed by atoms with Crippen molar-refractivity contribution in [3.63, 3.8) is 0 Å². The van der Waals surface area contributed by atoms with Crippen LogP contribution in [-0.4, -0.2) is 63.7 Å². The van der Waals surface area contributed by atoms with Gasteiger partial charge in [0.25, 0.3) is 0 Å². The molecule has 0 aromatic rings. The monoisotopic (exact) mass is 264 g/mol. The van der Waals surface area contributed by atoms with E-state index in [-0.39, 0.29) is 0 Å². The van der Waals surface area contributed by atoms with Crippen molar-refractivity contribution in [3.05, 3.63) is 0 Å². The van der Waals surface area contributed by atoms with Crippen molar-refractivity contribution in [2.45, 2.75) is 51.5 Å². The Morgan fingerprint density at radius 2 is 1.72 bits per heavy atom. The zero-order valence-electron chi connectivity index (χ0n) is 10.6. The highest BCUT2D eigenvalue weighted by atomic mass is 16.7. The van der Waals surface area contributed by atoms with Crippen molar-refractivity contribution in [1.82, 2.24) is 0 Å². The minimum absolute atomic E-state index is 0.561. The van der Waals surface area contributed by atoms with Crippen molar-refractivity contribution in [1.29, 1.82) is 0 Å². The summed E-state index contributed by atoms with van der Waals surface area (Å²) in [5, 5.41) is 37.6. The van der Waals surface area contributed by atoms with E-state index in [1.165, 1.54) is 0 Å². The summed E-state index contributed by atoms with van der Waals surface area (Å²) in [5.41, 5.74) is -0.793. The van der Waals surface area contributed by atoms with Gasteiger partial charge in [0.15, 0.2) is 0 Å². The molecule has 1 aliphatic heterocycles. The van der Waals surface area contributed by atoms with Gasteiger partial charge in [0, 0.05) is 0 Å². The average Bonchev–Trinajstić information content (AvgIpc) is 2.28. The van der Waals surface area contributed by atoms with Crippen LogP contribution in [0.4, 0.5) is 0 Å². The Morgan fingerprint density at radius 1 is 1.17 bits per heavy atom. The third-order valence-corrected chi connectivity index (χ3v) is 2.68. The van der Waals surface area contributed by atoms with Crippen molar-refractivity contribution in [2.24, 2.45) is 5.41 Å². The normalized spacial score (nSPS) is 37.4. The molecule has 18 heavy (non-hydrogen) atoms. The van der Waals surface area contributed by atoms with Crippen LogP contribution in [0.3, 0.4) is 0 Å². The number of rotatable bonds is 2. The summed E-state index contributed by atoms with van der Waals surface area (Å²) in [6.45, 7) is 4.31. The Morgan fingerprint density at radius 3 is 2.17 bits per heavy atom. The lowest BCUT2D eigenvalue weighted by atomic mass is 9.96. The van der Waals surface area contributed by atoms with Gasteiger partial charge in [-0.2, -0.15) is 0 Å². The van der Waals surface area contributed by atoms with Gasteiger partial charge in [0.2, 0.25) is 6.29 Å². The van der Waals surface area contributed by atoms with E-state index in [0.717, 1.165) is 0 Å². The van der Waals surface area contributed by atoms with Gasteiger partial charge in [-0.3, -0.25) is 4.79 Å². The number of aliphatic hydroxyl groups excluding tert-OH is 4. The topological polar surface area (TPSA) is 116 Å². The van der Waals surface area contributed by atoms with E-state index in [0.29, 0.717) is 0 Å². The Balaban J connectivity index is 2.74. The number of esters is 1. The first-order chi connectivity index (χ1) is 8.18. The van der Waals surface area contributed by atoms with Crippen LogP contribution in [0.5, 0.6) is 0 Å². The molecule has 0 aliphatic carbocycles. The van der Waals surface area contributed by atoms with Crippen LogP contribution in [0.2, 0.25) is 0 Å². The van der Waals surface area contributed by atoms with Crippen LogP contribution < -0.4 is 0 Å². The van der Waals surface area contributed by atoms with Crippen molar-refractivity contribution in [3.8, 4) is 0 Å². The lowest BCUT2D eigenvalue weighted by Crippen LogP contribution is -2.59. The molecule has 0 aromatic carbocycles. The van der Waals surface area contributed by atoms with E-state index in [1.807, 2.05) is 0 Å². The molecule has 0 aromatic heterocycles. The minimum atomic E-state index is -1.56. The molecule has 106 valence electrons. The van der Waals surface area contributed by atoms with Crippen LogP contribution in [0.15, 0.2) is 0 Å². The largest absolute Gasteiger partial charge is 0.432 e. The molecule has 1 saturated heterocycles. The lowest BCUT2D eigenvalue weighted by Gasteiger charge is -2.39. The Hall–Kier alpha value is -0.730. The first kappa shape index (κ1) is 15.3. The van der Waals surface area contributed by atoms with Gasteiger partial charge in [-0.1, -0.05) is 0 Å². The molecule has 7 heteroatoms. The Kier molecular flexibility index (Phi) is 4.68. The number of carbonyl (C=O) groups excluding carboxylic acids is 1. The van der Waals surface area contributed by atoms with Crippen molar-refractivity contribution >= 4 is 5.97 Å². The fourth-order valence-corrected chi connectivity index (χ4v) is 1.45. The number of ether oxygens (including phenoxy) is 2. The second-order valence-electron chi connectivity index (χ2n) is 5.35. The molecule has 4 N–H and O–H groups in total. The molecule has 1 rings (SSSR count). The molecule has 0 unspecified atom stereocenters. The minimum Gasteiger partial charge on any atom is -0.432 e. The van der Waals surface area contributed by atoms with Crippen LogP contribution in [0.25, 0.3) is 0 Å². The summed E-state index contributed by atoms with van der Waals surface area (Å²) < 4.78 is 9.97. The van der Waals surface area contributed by atoms with E-state index >= 15 is 0 Å². The van der Waals surface area contributed by atoms with Gasteiger partial charge in [-0.05, 0) is 20.8 Å². The van der Waals surface area contributed by atoms with Crippen molar-refractivity contribution < 1.29 is 34.7 Å². The third kappa shape index (κ3) is 3.18. The maximum atomic E-state index is 11.6. The summed E-state index contributed by atoms with van der Waals surface area (Å²) in [6.07, 6.45) is -7.06. The SMILES string of the molecule is CC(C)(C)C(=O)O[C@H]1O[C@H](CO)[C@@H](O)[C@H](O)[C@@H]1O. The molecule has 0 bridgehead atoms. The molecule has 5 atom stereocenters. The highest BCUT2D eigenvalue weighted by Gasteiger charge is 2.46. The fraction of sp³-hybridized carbons (Fsp3) is 0.909. The van der Waals surface area contributed by atoms with Gasteiger partial charge in [0.1, 0.15) is 24.4 Å². The summed E-state index contributed by atoms with van der Waals surface area (Å²) >= 11 is 0. The quantitative estimate of drug-likeness (QED) is 0.443. The molecular weight excluding hydrogens is 244 g/mol. The van der Waals surface area contributed by atoms with Gasteiger partial charge in [0.05, 0.1) is 12.0 Å². The zero-order valence-corrected chi connectivity index (χ0v) is 10.6. The maximum absolute atomic E-state index is 11.6. The molecule has 1 aliphatic rings. The Bertz CT molecular complexity index is 296. The smallest absolute Gasteiger partial charge is 0.313 e. The summed E-state index contributed by atoms with van der Waals surface area (Å²) in [4.78, 5) is 11.6. The number of aliphatic hydroxyl groups is 4. The van der Waals surface area contributed by atoms with Crippen LogP contribution in [0, 0.1) is 5.41 Å². The number of hydrogen-bond acceptors (Lipinski definition) is 7. The molecule has 1 fully saturated rings. The van der Waals surface area contributed by atoms with E-state index in [2.05, 4.69) is 0 Å². The number of hydrogen-bond donors (Lipinski definition) is 4. The predicted molar refractivity (Wildman–Crippen MR) is 59.3 cm³/mol. The van der Waals surface area contributed by atoms with E-state index in [9.17, 15) is 20.1 Å². The molecule has 1 heterocycles. The van der Waals surface area contributed by atoms with Gasteiger partial charge in [-0.25, -0.2) is 0 Å². The molecule has 0 amide bonds.